The molecule has 0 amide bonds. The molecule has 1 rings (SSSR count). The molecule has 0 aliphatic rings. The average Bonchev–Trinajstić information content (AvgIpc) is 2.25. The Morgan fingerprint density at radius 1 is 1.38 bits per heavy atom. The average molecular weight is 224 g/mol. The maximum atomic E-state index is 11.4. The maximum absolute atomic E-state index is 11.4. The van der Waals surface area contributed by atoms with Gasteiger partial charge in [-0.15, -0.1) is 0 Å². The molecular weight excluding hydrogens is 208 g/mol. The highest BCUT2D eigenvalue weighted by molar-refractivity contribution is 5.90. The fourth-order valence-electron chi connectivity index (χ4n) is 1.21. The molecule has 4 nitrogen and oxygen atoms in total. The molecule has 0 heterocycles. The predicted octanol–water partition coefficient (Wildman–Crippen LogP) is 1.72. The van der Waals surface area contributed by atoms with E-state index in [1.807, 2.05) is 0 Å². The Morgan fingerprint density at radius 2 is 2.00 bits per heavy atom. The van der Waals surface area contributed by atoms with Crippen LogP contribution in [0.3, 0.4) is 0 Å². The smallest absolute Gasteiger partial charge is 0.338 e. The molecule has 0 radical (unpaired) electrons. The van der Waals surface area contributed by atoms with Crippen molar-refractivity contribution in [3.8, 4) is 0 Å². The van der Waals surface area contributed by atoms with Crippen LogP contribution in [0.15, 0.2) is 24.3 Å². The first-order chi connectivity index (χ1) is 7.44. The number of ether oxygens (including phenoxy) is 2. The zero-order chi connectivity index (χ0) is 12.2. The van der Waals surface area contributed by atoms with Crippen LogP contribution < -0.4 is 0 Å². The summed E-state index contributed by atoms with van der Waals surface area (Å²) in [5.74, 6) is -1.63. The van der Waals surface area contributed by atoms with E-state index in [-0.39, 0.29) is 6.61 Å². The van der Waals surface area contributed by atoms with E-state index in [4.69, 9.17) is 4.74 Å². The molecule has 0 aliphatic heterocycles. The molecule has 88 valence electrons. The molecule has 0 aliphatic carbocycles. The monoisotopic (exact) mass is 224 g/mol. The summed E-state index contributed by atoms with van der Waals surface area (Å²) in [6, 6.07) is 6.97. The molecule has 1 aromatic rings. The summed E-state index contributed by atoms with van der Waals surface area (Å²) in [5.41, 5.74) is 1.14. The Kier molecular flexibility index (Phi) is 4.04. The fraction of sp³-hybridized carbons (Fsp3) is 0.417. The largest absolute Gasteiger partial charge is 0.465 e. The molecule has 0 aromatic heterocycles. The number of aliphatic hydroxyl groups is 1. The third-order valence-electron chi connectivity index (χ3n) is 2.00. The van der Waals surface area contributed by atoms with Crippen molar-refractivity contribution < 1.29 is 19.4 Å². The van der Waals surface area contributed by atoms with Crippen molar-refractivity contribution in [1.82, 2.24) is 0 Å². The van der Waals surface area contributed by atoms with Crippen LogP contribution in [0.1, 0.15) is 29.8 Å². The van der Waals surface area contributed by atoms with Gasteiger partial charge < -0.3 is 14.6 Å². The molecule has 0 saturated heterocycles. The van der Waals surface area contributed by atoms with E-state index in [0.717, 1.165) is 0 Å². The number of benzene rings is 1. The molecule has 1 aromatic carbocycles. The number of hydrogen-bond donors (Lipinski definition) is 1. The Morgan fingerprint density at radius 3 is 2.56 bits per heavy atom. The van der Waals surface area contributed by atoms with E-state index in [9.17, 15) is 9.90 Å². The highest BCUT2D eigenvalue weighted by atomic mass is 16.6. The normalized spacial score (nSPS) is 11.2. The van der Waals surface area contributed by atoms with Gasteiger partial charge in [0.05, 0.1) is 19.3 Å². The molecule has 4 heteroatoms. The lowest BCUT2D eigenvalue weighted by Crippen LogP contribution is -2.23. The first-order valence-corrected chi connectivity index (χ1v) is 4.96. The summed E-state index contributed by atoms with van der Waals surface area (Å²) >= 11 is 0. The van der Waals surface area contributed by atoms with Gasteiger partial charge in [0.1, 0.15) is 0 Å². The van der Waals surface area contributed by atoms with Gasteiger partial charge in [-0.3, -0.25) is 0 Å². The first kappa shape index (κ1) is 12.7. The van der Waals surface area contributed by atoms with Gasteiger partial charge in [0.25, 0.3) is 0 Å². The van der Waals surface area contributed by atoms with Gasteiger partial charge >= 0.3 is 5.97 Å². The zero-order valence-electron chi connectivity index (χ0n) is 9.69. The minimum atomic E-state index is -1.22. The number of hydrogen-bond acceptors (Lipinski definition) is 4. The molecule has 16 heavy (non-hydrogen) atoms. The first-order valence-electron chi connectivity index (χ1n) is 4.96. The van der Waals surface area contributed by atoms with Crippen LogP contribution >= 0.6 is 0 Å². The second-order valence-corrected chi connectivity index (χ2v) is 3.88. The van der Waals surface area contributed by atoms with Crippen molar-refractivity contribution in [3.63, 3.8) is 0 Å². The molecule has 1 N–H and O–H groups in total. The van der Waals surface area contributed by atoms with Crippen LogP contribution in [-0.4, -0.2) is 24.0 Å². The van der Waals surface area contributed by atoms with E-state index < -0.39 is 11.8 Å². The summed E-state index contributed by atoms with van der Waals surface area (Å²) in [5, 5.41) is 9.43. The van der Waals surface area contributed by atoms with Gasteiger partial charge in [0.2, 0.25) is 0 Å². The lowest BCUT2D eigenvalue weighted by molar-refractivity contribution is -0.183. The molecule has 0 fully saturated rings. The van der Waals surface area contributed by atoms with Crippen molar-refractivity contribution in [2.75, 3.05) is 7.11 Å². The van der Waals surface area contributed by atoms with Gasteiger partial charge in [-0.1, -0.05) is 18.2 Å². The third kappa shape index (κ3) is 3.64. The maximum Gasteiger partial charge on any atom is 0.338 e. The number of rotatable bonds is 4. The second kappa shape index (κ2) is 5.09. The molecule has 0 bridgehead atoms. The SMILES string of the molecule is COC(=O)c1ccccc1COC(C)(C)O. The van der Waals surface area contributed by atoms with Crippen LogP contribution in [0.5, 0.6) is 0 Å². The van der Waals surface area contributed by atoms with E-state index in [0.29, 0.717) is 11.1 Å². The van der Waals surface area contributed by atoms with Gasteiger partial charge in [-0.05, 0) is 25.5 Å². The van der Waals surface area contributed by atoms with Crippen molar-refractivity contribution in [2.45, 2.75) is 26.2 Å². The number of methoxy groups -OCH3 is 1. The van der Waals surface area contributed by atoms with Crippen molar-refractivity contribution in [3.05, 3.63) is 35.4 Å². The van der Waals surface area contributed by atoms with Gasteiger partial charge in [-0.2, -0.15) is 0 Å². The molecule has 0 saturated carbocycles. The summed E-state index contributed by atoms with van der Waals surface area (Å²) < 4.78 is 9.85. The summed E-state index contributed by atoms with van der Waals surface area (Å²) in [4.78, 5) is 11.4. The second-order valence-electron chi connectivity index (χ2n) is 3.88. The summed E-state index contributed by atoms with van der Waals surface area (Å²) in [6.07, 6.45) is 0. The van der Waals surface area contributed by atoms with Crippen LogP contribution in [0.4, 0.5) is 0 Å². The van der Waals surface area contributed by atoms with Crippen LogP contribution in [0, 0.1) is 0 Å². The van der Waals surface area contributed by atoms with Crippen molar-refractivity contribution in [1.29, 1.82) is 0 Å². The topological polar surface area (TPSA) is 55.8 Å². The highest BCUT2D eigenvalue weighted by Gasteiger charge is 2.16. The Hall–Kier alpha value is -1.39. The minimum Gasteiger partial charge on any atom is -0.465 e. The van der Waals surface area contributed by atoms with Crippen LogP contribution in [0.2, 0.25) is 0 Å². The number of carbonyl (C=O) groups excluding carboxylic acids is 1. The molecular formula is C12H16O4. The van der Waals surface area contributed by atoms with E-state index in [1.165, 1.54) is 21.0 Å². The number of esters is 1. The van der Waals surface area contributed by atoms with Gasteiger partial charge in [-0.25, -0.2) is 4.79 Å². The van der Waals surface area contributed by atoms with E-state index in [1.54, 1.807) is 24.3 Å². The highest BCUT2D eigenvalue weighted by Crippen LogP contribution is 2.14. The molecule has 0 atom stereocenters. The van der Waals surface area contributed by atoms with Gasteiger partial charge in [0.15, 0.2) is 5.79 Å². The predicted molar refractivity (Wildman–Crippen MR) is 58.9 cm³/mol. The summed E-state index contributed by atoms with van der Waals surface area (Å²) in [7, 11) is 1.33. The Balaban J connectivity index is 2.83. The molecule has 0 unspecified atom stereocenters. The van der Waals surface area contributed by atoms with Crippen molar-refractivity contribution in [2.24, 2.45) is 0 Å². The van der Waals surface area contributed by atoms with Crippen LogP contribution in [-0.2, 0) is 16.1 Å². The standard InChI is InChI=1S/C12H16O4/c1-12(2,14)16-8-9-6-4-5-7-10(9)11(13)15-3/h4-7,14H,8H2,1-3H3. The third-order valence-corrected chi connectivity index (χ3v) is 2.00. The molecule has 0 spiro atoms. The summed E-state index contributed by atoms with van der Waals surface area (Å²) in [6.45, 7) is 3.23. The van der Waals surface area contributed by atoms with E-state index >= 15 is 0 Å². The Labute approximate surface area is 94.8 Å². The minimum absolute atomic E-state index is 0.161. The quantitative estimate of drug-likeness (QED) is 0.625. The van der Waals surface area contributed by atoms with Crippen molar-refractivity contribution >= 4 is 5.97 Å². The van der Waals surface area contributed by atoms with E-state index in [2.05, 4.69) is 4.74 Å². The fourth-order valence-corrected chi connectivity index (χ4v) is 1.21. The van der Waals surface area contributed by atoms with Crippen LogP contribution in [0.25, 0.3) is 0 Å². The zero-order valence-corrected chi connectivity index (χ0v) is 9.69. The number of carbonyl (C=O) groups is 1. The Bertz CT molecular complexity index is 366. The van der Waals surface area contributed by atoms with Gasteiger partial charge in [0, 0.05) is 0 Å². The lowest BCUT2D eigenvalue weighted by atomic mass is 10.1. The lowest BCUT2D eigenvalue weighted by Gasteiger charge is -2.18.